The highest BCUT2D eigenvalue weighted by Crippen LogP contribution is 2.43. The number of carboxylic acid groups (broad SMARTS) is 1. The van der Waals surface area contributed by atoms with E-state index in [4.69, 9.17) is 4.55 Å². The number of carbonyl (C=O) groups excluding carboxylic acids is 4. The maximum absolute atomic E-state index is 13.1. The van der Waals surface area contributed by atoms with Crippen LogP contribution in [0, 0.1) is 5.41 Å². The zero-order valence-electron chi connectivity index (χ0n) is 30.8. The van der Waals surface area contributed by atoms with E-state index in [2.05, 4.69) is 42.8 Å². The van der Waals surface area contributed by atoms with E-state index in [1.807, 2.05) is 0 Å². The van der Waals surface area contributed by atoms with E-state index in [0.29, 0.717) is 11.5 Å². The second-order valence-electron chi connectivity index (χ2n) is 14.7. The number of hydroxylamine groups is 2. The highest BCUT2D eigenvalue weighted by Gasteiger charge is 2.56. The van der Waals surface area contributed by atoms with E-state index in [1.165, 1.54) is 82.0 Å². The predicted molar refractivity (Wildman–Crippen MR) is 183 cm³/mol. The first kappa shape index (κ1) is 42.5. The topological polar surface area (TPSA) is 189 Å². The van der Waals surface area contributed by atoms with Crippen LogP contribution in [0.3, 0.4) is 0 Å². The lowest BCUT2D eigenvalue weighted by molar-refractivity contribution is -0.929. The van der Waals surface area contributed by atoms with Crippen molar-refractivity contribution in [2.45, 2.75) is 143 Å². The molecule has 0 radical (unpaired) electrons. The van der Waals surface area contributed by atoms with Gasteiger partial charge in [0.2, 0.25) is 0 Å². The Morgan fingerprint density at radius 2 is 1.45 bits per heavy atom. The number of hydrogen-bond donors (Lipinski definition) is 3. The number of rotatable bonds is 16. The molecule has 0 aromatic carbocycles. The summed E-state index contributed by atoms with van der Waals surface area (Å²) in [5.41, 5.74) is 2.27. The SMILES string of the molecule is CC(C)(C)[C@@]1(C(=O)NNC(=O)[C@@H]2CC[C@@H]3CN2C(=O)N3OS(=O)(=O)O)CCCN1C(=O)[O-].CCCC[N+](CCCC)(CCCC)CCCC. The van der Waals surface area contributed by atoms with Gasteiger partial charge >= 0.3 is 16.4 Å². The van der Waals surface area contributed by atoms with Crippen LogP contribution in [0.15, 0.2) is 0 Å². The number of carbonyl (C=O) groups is 4. The van der Waals surface area contributed by atoms with E-state index in [0.717, 1.165) is 9.80 Å². The Labute approximate surface area is 293 Å². The molecule has 3 heterocycles. The van der Waals surface area contributed by atoms with Crippen LogP contribution in [0.25, 0.3) is 0 Å². The number of unbranched alkanes of at least 4 members (excludes halogenated alkanes) is 4. The molecule has 0 aromatic rings. The van der Waals surface area contributed by atoms with E-state index >= 15 is 0 Å². The molecular weight excluding hydrogens is 656 g/mol. The zero-order chi connectivity index (χ0) is 37.0. The third kappa shape index (κ3) is 10.9. The summed E-state index contributed by atoms with van der Waals surface area (Å²) < 4.78 is 36.5. The minimum absolute atomic E-state index is 0.00915. The monoisotopic (exact) mass is 718 g/mol. The molecule has 0 aliphatic carbocycles. The molecule has 3 rings (SSSR count). The largest absolute Gasteiger partial charge is 0.530 e. The van der Waals surface area contributed by atoms with Crippen molar-refractivity contribution >= 4 is 34.3 Å². The number of hydrazine groups is 1. The van der Waals surface area contributed by atoms with Crippen LogP contribution in [0.4, 0.5) is 9.59 Å². The lowest BCUT2D eigenvalue weighted by Gasteiger charge is -2.47. The van der Waals surface area contributed by atoms with Crippen molar-refractivity contribution < 1.29 is 46.0 Å². The van der Waals surface area contributed by atoms with Crippen LogP contribution in [0.2, 0.25) is 0 Å². The van der Waals surface area contributed by atoms with Crippen LogP contribution in [-0.2, 0) is 24.3 Å². The molecule has 3 aliphatic heterocycles. The molecule has 0 spiro atoms. The Morgan fingerprint density at radius 3 is 1.88 bits per heavy atom. The number of nitrogens with zero attached hydrogens (tertiary/aromatic N) is 4. The van der Waals surface area contributed by atoms with E-state index in [1.54, 1.807) is 20.8 Å². The van der Waals surface area contributed by atoms with Gasteiger partial charge in [-0.2, -0.15) is 13.5 Å². The molecule has 3 atom stereocenters. The van der Waals surface area contributed by atoms with Crippen molar-refractivity contribution in [1.29, 1.82) is 0 Å². The molecule has 5 amide bonds. The number of quaternary nitrogens is 1. The standard InChI is InChI=1S/C17H27N5O9S.C16H36N/c1-16(2,3)17(7-4-8-21(17)15(26)27)13(24)19-18-12(23)11-6-5-10-9-20(11)14(25)22(10)31-32(28,29)30;1-5-9-13-17(14-10-6-2,15-11-7-3)16-12-8-4/h10-11H,4-9H2,1-3H3,(H,18,23)(H,19,24)(H,26,27)(H,28,29,30);5-16H2,1-4H3/q;+1/p-1/t10-,11+,17+;/m1./s1. The van der Waals surface area contributed by atoms with Crippen molar-refractivity contribution in [3.8, 4) is 0 Å². The zero-order valence-corrected chi connectivity index (χ0v) is 31.6. The molecule has 2 bridgehead atoms. The van der Waals surface area contributed by atoms with Crippen molar-refractivity contribution in [2.75, 3.05) is 39.3 Å². The number of likely N-dealkylation sites (tertiary alicyclic amines) is 1. The molecular formula is C33H62N6O9S. The first-order chi connectivity index (χ1) is 22.9. The number of amides is 5. The summed E-state index contributed by atoms with van der Waals surface area (Å²) in [5.74, 6) is -1.46. The second kappa shape index (κ2) is 18.5. The molecule has 284 valence electrons. The van der Waals surface area contributed by atoms with Crippen molar-refractivity contribution in [3.05, 3.63) is 0 Å². The number of hydrogen-bond acceptors (Lipinski definition) is 8. The summed E-state index contributed by atoms with van der Waals surface area (Å²) in [7, 11) is -4.92. The Morgan fingerprint density at radius 1 is 0.939 bits per heavy atom. The van der Waals surface area contributed by atoms with Gasteiger partial charge in [0, 0.05) is 13.1 Å². The summed E-state index contributed by atoms with van der Waals surface area (Å²) in [6.45, 7) is 20.3. The molecule has 3 saturated heterocycles. The van der Waals surface area contributed by atoms with Gasteiger partial charge in [-0.05, 0) is 56.8 Å². The van der Waals surface area contributed by atoms with E-state index in [-0.39, 0.29) is 32.4 Å². The third-order valence-corrected chi connectivity index (χ3v) is 10.6. The first-order valence-corrected chi connectivity index (χ1v) is 19.5. The number of nitrogens with one attached hydrogen (secondary N) is 2. The highest BCUT2D eigenvalue weighted by atomic mass is 32.3. The van der Waals surface area contributed by atoms with Crippen LogP contribution in [0.1, 0.15) is 126 Å². The fraction of sp³-hybridized carbons (Fsp3) is 0.879. The van der Waals surface area contributed by atoms with Crippen molar-refractivity contribution in [1.82, 2.24) is 25.7 Å². The first-order valence-electron chi connectivity index (χ1n) is 18.1. The van der Waals surface area contributed by atoms with Crippen LogP contribution in [-0.4, -0.2) is 113 Å². The van der Waals surface area contributed by atoms with Gasteiger partial charge in [-0.3, -0.25) is 25.0 Å². The molecule has 0 aromatic heterocycles. The van der Waals surface area contributed by atoms with Crippen molar-refractivity contribution in [2.24, 2.45) is 5.41 Å². The fourth-order valence-electron chi connectivity index (χ4n) is 7.48. The van der Waals surface area contributed by atoms with Gasteiger partial charge in [-0.15, -0.1) is 4.28 Å². The number of urea groups is 1. The van der Waals surface area contributed by atoms with Gasteiger partial charge in [0.05, 0.1) is 32.2 Å². The van der Waals surface area contributed by atoms with E-state index in [9.17, 15) is 32.7 Å². The molecule has 0 unspecified atom stereocenters. The quantitative estimate of drug-likeness (QED) is 0.122. The normalized spacial score (nSPS) is 22.5. The number of fused-ring (bicyclic) bond motifs is 2. The van der Waals surface area contributed by atoms with Crippen LogP contribution in [0.5, 0.6) is 0 Å². The molecule has 15 nitrogen and oxygen atoms in total. The molecule has 3 fully saturated rings. The van der Waals surface area contributed by atoms with Crippen LogP contribution < -0.4 is 16.0 Å². The van der Waals surface area contributed by atoms with Crippen LogP contribution >= 0.6 is 0 Å². The average Bonchev–Trinajstić information content (AvgIpc) is 3.60. The maximum atomic E-state index is 13.1. The molecule has 16 heteroatoms. The van der Waals surface area contributed by atoms with Gasteiger partial charge in [0.25, 0.3) is 11.8 Å². The summed E-state index contributed by atoms with van der Waals surface area (Å²) in [4.78, 5) is 51.9. The minimum atomic E-state index is -4.92. The van der Waals surface area contributed by atoms with Gasteiger partial charge in [0.15, 0.2) is 0 Å². The summed E-state index contributed by atoms with van der Waals surface area (Å²) in [6.07, 6.45) is 10.6. The fourth-order valence-corrected chi connectivity index (χ4v) is 7.87. The molecule has 3 aliphatic rings. The van der Waals surface area contributed by atoms with Gasteiger partial charge in [0.1, 0.15) is 17.7 Å². The van der Waals surface area contributed by atoms with Gasteiger partial charge in [-0.25, -0.2) is 4.79 Å². The molecule has 0 saturated carbocycles. The molecule has 49 heavy (non-hydrogen) atoms. The average molecular weight is 719 g/mol. The second-order valence-corrected chi connectivity index (χ2v) is 15.7. The third-order valence-electron chi connectivity index (χ3n) is 10.3. The van der Waals surface area contributed by atoms with Gasteiger partial charge in [-0.1, -0.05) is 74.1 Å². The van der Waals surface area contributed by atoms with Crippen molar-refractivity contribution in [3.63, 3.8) is 0 Å². The summed E-state index contributed by atoms with van der Waals surface area (Å²) in [6, 6.07) is -2.61. The van der Waals surface area contributed by atoms with Gasteiger partial charge < -0.3 is 24.2 Å². The summed E-state index contributed by atoms with van der Waals surface area (Å²) in [5, 5.41) is 12.1. The predicted octanol–water partition coefficient (Wildman–Crippen LogP) is 3.36. The van der Waals surface area contributed by atoms with E-state index < -0.39 is 57.4 Å². The Kier molecular flexibility index (Phi) is 16.1. The Balaban J connectivity index is 0.000000417. The number of piperidine rings is 1. The highest BCUT2D eigenvalue weighted by molar-refractivity contribution is 7.80. The lowest BCUT2D eigenvalue weighted by Crippen LogP contribution is -2.68. The smallest absolute Gasteiger partial charge is 0.418 e. The Bertz CT molecular complexity index is 1190. The Hall–Kier alpha value is -2.69. The maximum Gasteiger partial charge on any atom is 0.418 e. The lowest BCUT2D eigenvalue weighted by atomic mass is 9.71. The minimum Gasteiger partial charge on any atom is -0.530 e. The molecule has 3 N–H and O–H groups in total. The summed E-state index contributed by atoms with van der Waals surface area (Å²) >= 11 is 0.